The number of carbonyl (C=O) groups excluding carboxylic acids is 2. The largest absolute Gasteiger partial charge is 0.480 e. The minimum Gasteiger partial charge on any atom is -0.480 e. The summed E-state index contributed by atoms with van der Waals surface area (Å²) in [4.78, 5) is 37.3. The minimum atomic E-state index is -1.32. The Morgan fingerprint density at radius 3 is 2.52 bits per heavy atom. The van der Waals surface area contributed by atoms with E-state index in [1.807, 2.05) is 0 Å². The minimum absolute atomic E-state index is 0.217. The van der Waals surface area contributed by atoms with Crippen molar-refractivity contribution in [1.82, 2.24) is 15.5 Å². The Balaban J connectivity index is 2.15. The van der Waals surface area contributed by atoms with Gasteiger partial charge in [0.25, 0.3) is 0 Å². The Labute approximate surface area is 122 Å². The topological polar surface area (TPSA) is 108 Å². The molecule has 21 heavy (non-hydrogen) atoms. The van der Waals surface area contributed by atoms with Gasteiger partial charge >= 0.3 is 12.0 Å². The van der Waals surface area contributed by atoms with Crippen molar-refractivity contribution in [2.45, 2.75) is 37.8 Å². The molecule has 2 saturated heterocycles. The third kappa shape index (κ3) is 2.80. The molecule has 0 bridgehead atoms. The van der Waals surface area contributed by atoms with E-state index in [4.69, 9.17) is 4.74 Å². The Bertz CT molecular complexity index is 457. The number of hydrogen-bond acceptors (Lipinski definition) is 4. The molecule has 2 rings (SSSR count). The molecule has 0 spiro atoms. The second-order valence-electron chi connectivity index (χ2n) is 5.90. The van der Waals surface area contributed by atoms with E-state index in [9.17, 15) is 19.5 Å². The molecule has 0 aromatic carbocycles. The first-order valence-corrected chi connectivity index (χ1v) is 6.99. The first kappa shape index (κ1) is 15.6. The summed E-state index contributed by atoms with van der Waals surface area (Å²) >= 11 is 0. The van der Waals surface area contributed by atoms with Crippen LogP contribution in [0.4, 0.5) is 4.79 Å². The van der Waals surface area contributed by atoms with Crippen LogP contribution in [0.1, 0.15) is 26.7 Å². The molecular formula is C13H21N3O5. The van der Waals surface area contributed by atoms with Crippen LogP contribution < -0.4 is 10.6 Å². The summed E-state index contributed by atoms with van der Waals surface area (Å²) in [7, 11) is 0. The fourth-order valence-corrected chi connectivity index (χ4v) is 2.64. The fourth-order valence-electron chi connectivity index (χ4n) is 2.64. The van der Waals surface area contributed by atoms with Gasteiger partial charge in [-0.2, -0.15) is 0 Å². The van der Waals surface area contributed by atoms with Gasteiger partial charge in [0.2, 0.25) is 5.91 Å². The van der Waals surface area contributed by atoms with Gasteiger partial charge in [0.1, 0.15) is 11.1 Å². The van der Waals surface area contributed by atoms with Crippen molar-refractivity contribution in [3.05, 3.63) is 0 Å². The Morgan fingerprint density at radius 1 is 1.33 bits per heavy atom. The molecule has 2 fully saturated rings. The highest BCUT2D eigenvalue weighted by molar-refractivity contribution is 5.93. The van der Waals surface area contributed by atoms with Crippen molar-refractivity contribution < 1.29 is 24.2 Å². The summed E-state index contributed by atoms with van der Waals surface area (Å²) in [6.45, 7) is 4.56. The maximum absolute atomic E-state index is 12.5. The molecule has 0 aliphatic carbocycles. The molecule has 3 amide bonds. The predicted molar refractivity (Wildman–Crippen MR) is 72.7 cm³/mol. The van der Waals surface area contributed by atoms with Gasteiger partial charge in [-0.05, 0) is 13.8 Å². The maximum atomic E-state index is 12.5. The van der Waals surface area contributed by atoms with Crippen LogP contribution in [-0.4, -0.2) is 65.3 Å². The molecule has 3 N–H and O–H groups in total. The fraction of sp³-hybridized carbons (Fsp3) is 0.769. The van der Waals surface area contributed by atoms with Gasteiger partial charge in [0, 0.05) is 39.1 Å². The highest BCUT2D eigenvalue weighted by Gasteiger charge is 2.46. The SMILES string of the molecule is CC1(C)C(=O)NCCN1C(=O)NC1(C(=O)O)CCOCC1. The number of nitrogens with zero attached hydrogens (tertiary/aromatic N) is 1. The number of amides is 3. The molecule has 118 valence electrons. The molecule has 8 heteroatoms. The number of nitrogens with one attached hydrogen (secondary N) is 2. The Hall–Kier alpha value is -1.83. The van der Waals surface area contributed by atoms with Crippen molar-refractivity contribution in [2.75, 3.05) is 26.3 Å². The van der Waals surface area contributed by atoms with Crippen LogP contribution in [0.2, 0.25) is 0 Å². The van der Waals surface area contributed by atoms with Crippen LogP contribution in [-0.2, 0) is 14.3 Å². The summed E-state index contributed by atoms with van der Waals surface area (Å²) in [5.41, 5.74) is -2.33. The lowest BCUT2D eigenvalue weighted by Crippen LogP contribution is -2.68. The van der Waals surface area contributed by atoms with Crippen molar-refractivity contribution >= 4 is 17.9 Å². The van der Waals surface area contributed by atoms with Gasteiger partial charge in [-0.25, -0.2) is 9.59 Å². The van der Waals surface area contributed by atoms with E-state index in [-0.39, 0.29) is 32.0 Å². The van der Waals surface area contributed by atoms with Gasteiger partial charge in [-0.3, -0.25) is 4.79 Å². The molecule has 0 atom stereocenters. The zero-order chi connectivity index (χ0) is 15.7. The Kier molecular flexibility index (Phi) is 4.08. The number of carboxylic acid groups (broad SMARTS) is 1. The number of hydrogen-bond donors (Lipinski definition) is 3. The molecule has 2 aliphatic heterocycles. The van der Waals surface area contributed by atoms with E-state index >= 15 is 0 Å². The average molecular weight is 299 g/mol. The summed E-state index contributed by atoms with van der Waals surface area (Å²) in [5, 5.41) is 14.8. The molecule has 2 heterocycles. The lowest BCUT2D eigenvalue weighted by atomic mass is 9.90. The average Bonchev–Trinajstić information content (AvgIpc) is 2.42. The predicted octanol–water partition coefficient (Wildman–Crippen LogP) is -0.460. The van der Waals surface area contributed by atoms with Gasteiger partial charge in [0.15, 0.2) is 0 Å². The van der Waals surface area contributed by atoms with E-state index in [2.05, 4.69) is 10.6 Å². The van der Waals surface area contributed by atoms with Crippen molar-refractivity contribution in [1.29, 1.82) is 0 Å². The summed E-state index contributed by atoms with van der Waals surface area (Å²) in [6, 6.07) is -0.529. The van der Waals surface area contributed by atoms with Crippen LogP contribution in [0.25, 0.3) is 0 Å². The van der Waals surface area contributed by atoms with Gasteiger partial charge < -0.3 is 25.4 Å². The van der Waals surface area contributed by atoms with E-state index in [1.54, 1.807) is 13.8 Å². The third-order valence-corrected chi connectivity index (χ3v) is 4.20. The smallest absolute Gasteiger partial charge is 0.329 e. The number of rotatable bonds is 2. The molecule has 0 radical (unpaired) electrons. The number of carbonyl (C=O) groups is 3. The number of aliphatic carboxylic acids is 1. The zero-order valence-corrected chi connectivity index (χ0v) is 12.3. The highest BCUT2D eigenvalue weighted by Crippen LogP contribution is 2.24. The summed E-state index contributed by atoms with van der Waals surface area (Å²) in [5.74, 6) is -1.32. The van der Waals surface area contributed by atoms with Crippen molar-refractivity contribution in [3.8, 4) is 0 Å². The van der Waals surface area contributed by atoms with Gasteiger partial charge in [-0.1, -0.05) is 0 Å². The molecule has 8 nitrogen and oxygen atoms in total. The zero-order valence-electron chi connectivity index (χ0n) is 12.3. The molecule has 0 saturated carbocycles. The van der Waals surface area contributed by atoms with E-state index in [1.165, 1.54) is 4.90 Å². The molecule has 0 aromatic heterocycles. The normalized spacial score (nSPS) is 24.1. The second-order valence-corrected chi connectivity index (χ2v) is 5.90. The van der Waals surface area contributed by atoms with Crippen LogP contribution in [0.3, 0.4) is 0 Å². The molecule has 0 unspecified atom stereocenters. The maximum Gasteiger partial charge on any atom is 0.329 e. The van der Waals surface area contributed by atoms with Gasteiger partial charge in [0.05, 0.1) is 0 Å². The molecule has 0 aromatic rings. The summed E-state index contributed by atoms with van der Waals surface area (Å²) in [6.07, 6.45) is 0.434. The molecular weight excluding hydrogens is 278 g/mol. The standard InChI is InChI=1S/C13H21N3O5/c1-12(2)9(17)14-5-6-16(12)11(20)15-13(10(18)19)3-7-21-8-4-13/h3-8H2,1-2H3,(H,14,17)(H,15,20)(H,18,19). The van der Waals surface area contributed by atoms with E-state index in [0.717, 1.165) is 0 Å². The Morgan fingerprint density at radius 2 is 1.95 bits per heavy atom. The van der Waals surface area contributed by atoms with Crippen LogP contribution in [0.5, 0.6) is 0 Å². The monoisotopic (exact) mass is 299 g/mol. The first-order valence-electron chi connectivity index (χ1n) is 6.99. The van der Waals surface area contributed by atoms with Crippen molar-refractivity contribution in [3.63, 3.8) is 0 Å². The second kappa shape index (κ2) is 5.51. The van der Waals surface area contributed by atoms with E-state index < -0.39 is 23.1 Å². The highest BCUT2D eigenvalue weighted by atomic mass is 16.5. The summed E-state index contributed by atoms with van der Waals surface area (Å²) < 4.78 is 5.17. The lowest BCUT2D eigenvalue weighted by molar-refractivity contribution is -0.148. The lowest BCUT2D eigenvalue weighted by Gasteiger charge is -2.43. The van der Waals surface area contributed by atoms with Gasteiger partial charge in [-0.15, -0.1) is 0 Å². The first-order chi connectivity index (χ1) is 9.79. The quantitative estimate of drug-likeness (QED) is 0.639. The number of ether oxygens (including phenoxy) is 1. The van der Waals surface area contributed by atoms with Crippen LogP contribution >= 0.6 is 0 Å². The molecule has 2 aliphatic rings. The van der Waals surface area contributed by atoms with Crippen LogP contribution in [0, 0.1) is 0 Å². The van der Waals surface area contributed by atoms with Crippen molar-refractivity contribution in [2.24, 2.45) is 0 Å². The van der Waals surface area contributed by atoms with E-state index in [0.29, 0.717) is 13.1 Å². The number of urea groups is 1. The number of piperazine rings is 1. The van der Waals surface area contributed by atoms with Crippen LogP contribution in [0.15, 0.2) is 0 Å². The number of carboxylic acids is 1. The third-order valence-electron chi connectivity index (χ3n) is 4.20.